The van der Waals surface area contributed by atoms with Crippen molar-refractivity contribution in [3.8, 4) is 5.69 Å². The number of amides is 3. The lowest BCUT2D eigenvalue weighted by Gasteiger charge is -2.25. The van der Waals surface area contributed by atoms with Crippen LogP contribution in [0.25, 0.3) is 5.69 Å². The van der Waals surface area contributed by atoms with E-state index < -0.39 is 6.04 Å². The summed E-state index contributed by atoms with van der Waals surface area (Å²) < 4.78 is 3.13. The highest BCUT2D eigenvalue weighted by Gasteiger charge is 2.41. The van der Waals surface area contributed by atoms with Crippen LogP contribution in [0.5, 0.6) is 0 Å². The second-order valence-electron chi connectivity index (χ2n) is 8.32. The Hall–Kier alpha value is -4.73. The topological polar surface area (TPSA) is 114 Å². The Morgan fingerprint density at radius 3 is 2.37 bits per heavy atom. The van der Waals surface area contributed by atoms with E-state index in [2.05, 4.69) is 20.7 Å². The fourth-order valence-electron chi connectivity index (χ4n) is 4.10. The summed E-state index contributed by atoms with van der Waals surface area (Å²) in [7, 11) is 1.79. The fraction of sp³-hybridized carbons (Fsp3) is 0.160. The van der Waals surface area contributed by atoms with Crippen LogP contribution < -0.4 is 16.2 Å². The first-order valence-electron chi connectivity index (χ1n) is 11.0. The van der Waals surface area contributed by atoms with Crippen LogP contribution in [0.3, 0.4) is 0 Å². The minimum absolute atomic E-state index is 0.255. The van der Waals surface area contributed by atoms with E-state index in [0.717, 1.165) is 11.3 Å². The van der Waals surface area contributed by atoms with Crippen molar-refractivity contribution in [3.05, 3.63) is 100 Å². The lowest BCUT2D eigenvalue weighted by atomic mass is 10.1. The van der Waals surface area contributed by atoms with Crippen LogP contribution in [0.4, 0.5) is 16.2 Å². The number of hydrogen-bond donors (Lipinski definition) is 2. The number of aryl methyl sites for hydroxylation is 2. The van der Waals surface area contributed by atoms with Crippen LogP contribution in [-0.4, -0.2) is 36.2 Å². The van der Waals surface area contributed by atoms with Crippen molar-refractivity contribution >= 4 is 23.3 Å². The van der Waals surface area contributed by atoms with Gasteiger partial charge < -0.3 is 15.5 Å². The van der Waals surface area contributed by atoms with Crippen molar-refractivity contribution in [1.82, 2.24) is 24.2 Å². The number of aromatic nitrogens is 4. The Balaban J connectivity index is 1.37. The molecule has 3 heterocycles. The third-order valence-corrected chi connectivity index (χ3v) is 5.97. The molecule has 2 aromatic heterocycles. The molecule has 35 heavy (non-hydrogen) atoms. The number of carbonyl (C=O) groups is 2. The van der Waals surface area contributed by atoms with Crippen LogP contribution in [0.15, 0.2) is 78.1 Å². The van der Waals surface area contributed by atoms with Gasteiger partial charge in [-0.1, -0.05) is 17.7 Å². The molecule has 0 saturated heterocycles. The van der Waals surface area contributed by atoms with Crippen LogP contribution in [0.1, 0.15) is 22.9 Å². The number of hydrogen-bond acceptors (Lipinski definition) is 5. The Morgan fingerprint density at radius 2 is 1.66 bits per heavy atom. The van der Waals surface area contributed by atoms with E-state index >= 15 is 0 Å². The highest BCUT2D eigenvalue weighted by molar-refractivity contribution is 6.00. The SMILES string of the molecule is Cc1ccc(NC(=O)N2Cc3c(cnn3C)[C@@H]2C(=O)Nc2ccc(-n3ccncc3=O)cc2)cc1. The van der Waals surface area contributed by atoms with Gasteiger partial charge in [0.25, 0.3) is 11.5 Å². The first-order valence-corrected chi connectivity index (χ1v) is 11.0. The second kappa shape index (κ2) is 8.90. The summed E-state index contributed by atoms with van der Waals surface area (Å²) in [6.45, 7) is 2.23. The molecule has 3 amide bonds. The van der Waals surface area contributed by atoms with E-state index in [1.54, 1.807) is 48.4 Å². The zero-order chi connectivity index (χ0) is 24.5. The van der Waals surface area contributed by atoms with Gasteiger partial charge in [0, 0.05) is 42.1 Å². The molecule has 4 aromatic rings. The van der Waals surface area contributed by atoms with E-state index in [9.17, 15) is 14.4 Å². The second-order valence-corrected chi connectivity index (χ2v) is 8.32. The minimum Gasteiger partial charge on any atom is -0.324 e. The van der Waals surface area contributed by atoms with Gasteiger partial charge in [-0.15, -0.1) is 0 Å². The lowest BCUT2D eigenvalue weighted by Crippen LogP contribution is -2.39. The number of carbonyl (C=O) groups excluding carboxylic acids is 2. The third-order valence-electron chi connectivity index (χ3n) is 5.97. The quantitative estimate of drug-likeness (QED) is 0.477. The Morgan fingerprint density at radius 1 is 0.971 bits per heavy atom. The van der Waals surface area contributed by atoms with Gasteiger partial charge in [-0.05, 0) is 43.3 Å². The smallest absolute Gasteiger partial charge is 0.323 e. The molecule has 1 aliphatic heterocycles. The van der Waals surface area contributed by atoms with Crippen molar-refractivity contribution in [2.75, 3.05) is 10.6 Å². The molecule has 0 unspecified atom stereocenters. The van der Waals surface area contributed by atoms with Crippen molar-refractivity contribution < 1.29 is 9.59 Å². The zero-order valence-electron chi connectivity index (χ0n) is 19.2. The number of anilines is 2. The maximum Gasteiger partial charge on any atom is 0.323 e. The van der Waals surface area contributed by atoms with E-state index in [0.29, 0.717) is 22.6 Å². The molecule has 2 aromatic carbocycles. The molecule has 0 saturated carbocycles. The van der Waals surface area contributed by atoms with Crippen LogP contribution in [0, 0.1) is 6.92 Å². The van der Waals surface area contributed by atoms with Gasteiger partial charge in [0.1, 0.15) is 6.04 Å². The zero-order valence-corrected chi connectivity index (χ0v) is 19.2. The third kappa shape index (κ3) is 4.29. The molecule has 0 bridgehead atoms. The molecule has 0 fully saturated rings. The molecule has 0 radical (unpaired) electrons. The average molecular weight is 470 g/mol. The lowest BCUT2D eigenvalue weighted by molar-refractivity contribution is -0.120. The number of benzene rings is 2. The number of nitrogens with one attached hydrogen (secondary N) is 2. The van der Waals surface area contributed by atoms with Gasteiger partial charge >= 0.3 is 6.03 Å². The van der Waals surface area contributed by atoms with Crippen molar-refractivity contribution in [2.24, 2.45) is 7.05 Å². The highest BCUT2D eigenvalue weighted by Crippen LogP contribution is 2.35. The monoisotopic (exact) mass is 469 g/mol. The molecular weight excluding hydrogens is 446 g/mol. The van der Waals surface area contributed by atoms with E-state index in [1.165, 1.54) is 21.9 Å². The number of urea groups is 1. The average Bonchev–Trinajstić information content (AvgIpc) is 3.41. The molecule has 10 heteroatoms. The fourth-order valence-corrected chi connectivity index (χ4v) is 4.10. The number of nitrogens with zero attached hydrogens (tertiary/aromatic N) is 5. The molecule has 5 rings (SSSR count). The molecule has 1 aliphatic rings. The van der Waals surface area contributed by atoms with Gasteiger partial charge in [0.05, 0.1) is 24.6 Å². The summed E-state index contributed by atoms with van der Waals surface area (Å²) in [5.41, 5.74) is 4.15. The molecule has 176 valence electrons. The normalized spacial score (nSPS) is 14.5. The van der Waals surface area contributed by atoms with Crippen molar-refractivity contribution in [3.63, 3.8) is 0 Å². The van der Waals surface area contributed by atoms with Crippen molar-refractivity contribution in [1.29, 1.82) is 0 Å². The first-order chi connectivity index (χ1) is 16.9. The predicted octanol–water partition coefficient (Wildman–Crippen LogP) is 3.00. The van der Waals surface area contributed by atoms with Crippen LogP contribution >= 0.6 is 0 Å². The summed E-state index contributed by atoms with van der Waals surface area (Å²) >= 11 is 0. The standard InChI is InChI=1S/C25H23N7O3/c1-16-3-5-18(6-4-16)29-25(35)32-15-21-20(13-27-30(21)2)23(32)24(34)28-17-7-9-19(10-8-17)31-12-11-26-14-22(31)33/h3-14,23H,15H2,1-2H3,(H,28,34)(H,29,35)/t23-/m1/s1. The van der Waals surface area contributed by atoms with Crippen LogP contribution in [-0.2, 0) is 18.4 Å². The Labute approximate surface area is 200 Å². The van der Waals surface area contributed by atoms with Gasteiger partial charge in [0.2, 0.25) is 0 Å². The molecule has 10 nitrogen and oxygen atoms in total. The first kappa shape index (κ1) is 22.1. The Bertz CT molecular complexity index is 1460. The van der Waals surface area contributed by atoms with Crippen LogP contribution in [0.2, 0.25) is 0 Å². The summed E-state index contributed by atoms with van der Waals surface area (Å²) in [6.07, 6.45) is 5.96. The van der Waals surface area contributed by atoms with Gasteiger partial charge in [0.15, 0.2) is 0 Å². The molecule has 2 N–H and O–H groups in total. The minimum atomic E-state index is -0.841. The highest BCUT2D eigenvalue weighted by atomic mass is 16.2. The summed E-state index contributed by atoms with van der Waals surface area (Å²) in [5, 5.41) is 10.0. The molecular formula is C25H23N7O3. The summed E-state index contributed by atoms with van der Waals surface area (Å²) in [4.78, 5) is 43.8. The maximum absolute atomic E-state index is 13.4. The van der Waals surface area contributed by atoms with Crippen molar-refractivity contribution in [2.45, 2.75) is 19.5 Å². The van der Waals surface area contributed by atoms with E-state index in [1.807, 2.05) is 31.2 Å². The molecule has 0 aliphatic carbocycles. The summed E-state index contributed by atoms with van der Waals surface area (Å²) in [6, 6.07) is 13.1. The largest absolute Gasteiger partial charge is 0.324 e. The van der Waals surface area contributed by atoms with Gasteiger partial charge in [-0.3, -0.25) is 23.8 Å². The van der Waals surface area contributed by atoms with Gasteiger partial charge in [-0.25, -0.2) is 4.79 Å². The van der Waals surface area contributed by atoms with E-state index in [-0.39, 0.29) is 24.0 Å². The number of fused-ring (bicyclic) bond motifs is 1. The predicted molar refractivity (Wildman–Crippen MR) is 130 cm³/mol. The molecule has 1 atom stereocenters. The summed E-state index contributed by atoms with van der Waals surface area (Å²) in [5.74, 6) is -0.357. The Kier molecular flexibility index (Phi) is 5.61. The molecule has 0 spiro atoms. The van der Waals surface area contributed by atoms with Gasteiger partial charge in [-0.2, -0.15) is 5.10 Å². The number of rotatable bonds is 4. The van der Waals surface area contributed by atoms with E-state index in [4.69, 9.17) is 0 Å². The maximum atomic E-state index is 13.4.